The highest BCUT2D eigenvalue weighted by Crippen LogP contribution is 2.29. The third kappa shape index (κ3) is 3.11. The van der Waals surface area contributed by atoms with Gasteiger partial charge < -0.3 is 0 Å². The van der Waals surface area contributed by atoms with Gasteiger partial charge in [-0.15, -0.1) is 10.2 Å². The lowest BCUT2D eigenvalue weighted by Gasteiger charge is -2.07. The molecule has 0 amide bonds. The van der Waals surface area contributed by atoms with Crippen molar-refractivity contribution in [1.29, 1.82) is 0 Å². The highest BCUT2D eigenvalue weighted by molar-refractivity contribution is 7.17. The zero-order chi connectivity index (χ0) is 21.5. The molecule has 6 rings (SSSR count). The minimum Gasteiger partial charge on any atom is -0.297 e. The first-order valence-electron chi connectivity index (χ1n) is 10.3. The van der Waals surface area contributed by atoms with Gasteiger partial charge in [0.05, 0.1) is 5.69 Å². The van der Waals surface area contributed by atoms with Gasteiger partial charge in [0, 0.05) is 6.20 Å². The number of rotatable bonds is 4. The van der Waals surface area contributed by atoms with Crippen LogP contribution in [0.1, 0.15) is 21.8 Å². The molecule has 154 valence electrons. The summed E-state index contributed by atoms with van der Waals surface area (Å²) in [6, 6.07) is 26.7. The fourth-order valence-electron chi connectivity index (χ4n) is 3.91. The van der Waals surface area contributed by atoms with Crippen LogP contribution in [-0.2, 0) is 0 Å². The van der Waals surface area contributed by atoms with Gasteiger partial charge in [-0.25, -0.2) is 4.98 Å². The third-order valence-electron chi connectivity index (χ3n) is 5.36. The van der Waals surface area contributed by atoms with Gasteiger partial charge >= 0.3 is 0 Å². The summed E-state index contributed by atoms with van der Waals surface area (Å²) in [7, 11) is 0. The molecule has 0 radical (unpaired) electrons. The molecule has 0 saturated carbocycles. The molecule has 0 bridgehead atoms. The summed E-state index contributed by atoms with van der Waals surface area (Å²) in [5.41, 5.74) is 6.07. The molecular formula is C25H18N6S. The van der Waals surface area contributed by atoms with Gasteiger partial charge in [-0.2, -0.15) is 9.61 Å². The van der Waals surface area contributed by atoms with Crippen molar-refractivity contribution in [1.82, 2.24) is 29.2 Å². The molecule has 6 aromatic rings. The van der Waals surface area contributed by atoms with Crippen molar-refractivity contribution >= 4 is 33.6 Å². The molecule has 0 aliphatic rings. The average Bonchev–Trinajstić information content (AvgIpc) is 3.50. The normalized spacial score (nSPS) is 11.3. The van der Waals surface area contributed by atoms with E-state index in [1.54, 1.807) is 0 Å². The lowest BCUT2D eigenvalue weighted by molar-refractivity contribution is 0.944. The zero-order valence-corrected chi connectivity index (χ0v) is 18.1. The fourth-order valence-corrected chi connectivity index (χ4v) is 4.69. The molecule has 4 heterocycles. The second kappa shape index (κ2) is 7.55. The van der Waals surface area contributed by atoms with E-state index in [0.29, 0.717) is 5.82 Å². The Morgan fingerprint density at radius 3 is 2.25 bits per heavy atom. The Morgan fingerprint density at radius 2 is 1.53 bits per heavy atom. The van der Waals surface area contributed by atoms with Gasteiger partial charge in [0.2, 0.25) is 10.8 Å². The number of fused-ring (bicyclic) bond motifs is 2. The molecule has 0 unspecified atom stereocenters. The molecule has 0 atom stereocenters. The summed E-state index contributed by atoms with van der Waals surface area (Å²) >= 11 is 1.52. The Balaban J connectivity index is 1.51. The van der Waals surface area contributed by atoms with E-state index in [0.717, 1.165) is 43.7 Å². The lowest BCUT2D eigenvalue weighted by atomic mass is 9.98. The first kappa shape index (κ1) is 18.7. The van der Waals surface area contributed by atoms with Crippen LogP contribution in [0.2, 0.25) is 0 Å². The average molecular weight is 435 g/mol. The molecule has 4 aromatic heterocycles. The van der Waals surface area contributed by atoms with Gasteiger partial charge in [-0.3, -0.25) is 4.40 Å². The molecule has 2 aromatic carbocycles. The number of pyridine rings is 1. The Hall–Kier alpha value is -4.10. The van der Waals surface area contributed by atoms with Crippen LogP contribution in [0.25, 0.3) is 33.8 Å². The van der Waals surface area contributed by atoms with Crippen molar-refractivity contribution < 1.29 is 0 Å². The summed E-state index contributed by atoms with van der Waals surface area (Å²) < 4.78 is 3.84. The second-order valence-corrected chi connectivity index (χ2v) is 8.41. The van der Waals surface area contributed by atoms with Crippen LogP contribution in [0.3, 0.4) is 0 Å². The van der Waals surface area contributed by atoms with Gasteiger partial charge in [0.1, 0.15) is 16.3 Å². The second-order valence-electron chi connectivity index (χ2n) is 7.42. The van der Waals surface area contributed by atoms with Crippen LogP contribution < -0.4 is 0 Å². The minimum absolute atomic E-state index is 0.688. The van der Waals surface area contributed by atoms with Gasteiger partial charge in [0.15, 0.2) is 0 Å². The summed E-state index contributed by atoms with van der Waals surface area (Å²) in [6.45, 7) is 1.99. The van der Waals surface area contributed by atoms with Crippen molar-refractivity contribution in [2.24, 2.45) is 0 Å². The highest BCUT2D eigenvalue weighted by Gasteiger charge is 2.19. The number of hydrogen-bond donors (Lipinski definition) is 0. The van der Waals surface area contributed by atoms with Crippen LogP contribution in [-0.4, -0.2) is 29.2 Å². The fraction of sp³-hybridized carbons (Fsp3) is 0.0400. The number of aromatic nitrogens is 6. The smallest absolute Gasteiger partial charge is 0.235 e. The van der Waals surface area contributed by atoms with Crippen LogP contribution in [0, 0.1) is 6.92 Å². The van der Waals surface area contributed by atoms with E-state index in [4.69, 9.17) is 5.10 Å². The zero-order valence-electron chi connectivity index (χ0n) is 17.3. The van der Waals surface area contributed by atoms with Crippen molar-refractivity contribution in [2.75, 3.05) is 0 Å². The van der Waals surface area contributed by atoms with E-state index in [2.05, 4.69) is 69.8 Å². The number of benzene rings is 2. The molecule has 0 saturated heterocycles. The Labute approximate surface area is 188 Å². The standard InChI is InChI=1S/C25H18N6S/c1-17-23(30-15-9-8-14-21(30)26-17)24-27-28-25-31(24)29-22(32-25)16-20(18-10-4-2-5-11-18)19-12-6-3-7-13-19/h2-16H,1H3. The van der Waals surface area contributed by atoms with E-state index in [1.165, 1.54) is 11.3 Å². The van der Waals surface area contributed by atoms with E-state index in [9.17, 15) is 0 Å². The van der Waals surface area contributed by atoms with Crippen LogP contribution in [0.5, 0.6) is 0 Å². The van der Waals surface area contributed by atoms with Crippen molar-refractivity contribution in [3.63, 3.8) is 0 Å². The predicted octanol–water partition coefficient (Wildman–Crippen LogP) is 5.40. The minimum atomic E-state index is 0.688. The van der Waals surface area contributed by atoms with E-state index >= 15 is 0 Å². The number of imidazole rings is 1. The number of nitrogens with zero attached hydrogens (tertiary/aromatic N) is 6. The molecule has 32 heavy (non-hydrogen) atoms. The topological polar surface area (TPSA) is 60.4 Å². The highest BCUT2D eigenvalue weighted by atomic mass is 32.1. The summed E-state index contributed by atoms with van der Waals surface area (Å²) in [4.78, 5) is 5.40. The Morgan fingerprint density at radius 1 is 0.844 bits per heavy atom. The first-order valence-corrected chi connectivity index (χ1v) is 11.1. The van der Waals surface area contributed by atoms with Crippen LogP contribution in [0.4, 0.5) is 0 Å². The molecule has 7 heteroatoms. The van der Waals surface area contributed by atoms with Gasteiger partial charge in [0.25, 0.3) is 0 Å². The molecular weight excluding hydrogens is 416 g/mol. The molecule has 0 fully saturated rings. The number of hydrogen-bond acceptors (Lipinski definition) is 5. The molecule has 0 aliphatic heterocycles. The number of aryl methyl sites for hydroxylation is 1. The maximum absolute atomic E-state index is 4.86. The SMILES string of the molecule is Cc1nc2ccccn2c1-c1nnc2sc(C=C(c3ccccc3)c3ccccc3)nn12. The van der Waals surface area contributed by atoms with E-state index in [-0.39, 0.29) is 0 Å². The first-order chi connectivity index (χ1) is 15.8. The summed E-state index contributed by atoms with van der Waals surface area (Å²) in [5, 5.41) is 14.5. The largest absolute Gasteiger partial charge is 0.297 e. The van der Waals surface area contributed by atoms with Crippen molar-refractivity contribution in [3.05, 3.63) is 107 Å². The van der Waals surface area contributed by atoms with Crippen molar-refractivity contribution in [2.45, 2.75) is 6.92 Å². The Kier molecular flexibility index (Phi) is 4.40. The molecule has 0 N–H and O–H groups in total. The predicted molar refractivity (Wildman–Crippen MR) is 127 cm³/mol. The summed E-state index contributed by atoms with van der Waals surface area (Å²) in [6.07, 6.45) is 4.11. The van der Waals surface area contributed by atoms with Crippen LogP contribution >= 0.6 is 11.3 Å². The van der Waals surface area contributed by atoms with Gasteiger partial charge in [-0.05, 0) is 41.8 Å². The molecule has 0 aliphatic carbocycles. The molecule has 0 spiro atoms. The van der Waals surface area contributed by atoms with E-state index < -0.39 is 0 Å². The van der Waals surface area contributed by atoms with E-state index in [1.807, 2.05) is 52.4 Å². The quantitative estimate of drug-likeness (QED) is 0.373. The monoisotopic (exact) mass is 434 g/mol. The van der Waals surface area contributed by atoms with Gasteiger partial charge in [-0.1, -0.05) is 78.1 Å². The molecule has 6 nitrogen and oxygen atoms in total. The van der Waals surface area contributed by atoms with Crippen LogP contribution in [0.15, 0.2) is 85.1 Å². The summed E-state index contributed by atoms with van der Waals surface area (Å²) in [5.74, 6) is 0.688. The Bertz CT molecular complexity index is 1530. The lowest BCUT2D eigenvalue weighted by Crippen LogP contribution is -1.96. The maximum atomic E-state index is 4.86. The third-order valence-corrected chi connectivity index (χ3v) is 6.21. The van der Waals surface area contributed by atoms with Crippen molar-refractivity contribution in [3.8, 4) is 11.5 Å². The maximum Gasteiger partial charge on any atom is 0.235 e.